The van der Waals surface area contributed by atoms with Crippen molar-refractivity contribution in [3.63, 3.8) is 0 Å². The molecule has 122 valence electrons. The van der Waals surface area contributed by atoms with Crippen LogP contribution < -0.4 is 11.1 Å². The van der Waals surface area contributed by atoms with Crippen LogP contribution in [0.2, 0.25) is 0 Å². The van der Waals surface area contributed by atoms with Crippen LogP contribution in [0.5, 0.6) is 0 Å². The highest BCUT2D eigenvalue weighted by Gasteiger charge is 2.06. The molecule has 1 aromatic heterocycles. The van der Waals surface area contributed by atoms with Crippen LogP contribution in [0, 0.1) is 13.8 Å². The van der Waals surface area contributed by atoms with E-state index in [1.807, 2.05) is 62.4 Å². The Morgan fingerprint density at radius 3 is 2.67 bits per heavy atom. The molecular formula is C19H20N4O. The Balaban J connectivity index is 1.65. The van der Waals surface area contributed by atoms with Gasteiger partial charge in [-0.25, -0.2) is 9.98 Å². The van der Waals surface area contributed by atoms with Gasteiger partial charge in [-0.05, 0) is 43.7 Å². The van der Waals surface area contributed by atoms with E-state index in [0.717, 1.165) is 22.5 Å². The molecule has 24 heavy (non-hydrogen) atoms. The van der Waals surface area contributed by atoms with Crippen LogP contribution >= 0.6 is 0 Å². The summed E-state index contributed by atoms with van der Waals surface area (Å²) >= 11 is 0. The minimum atomic E-state index is 0.348. The van der Waals surface area contributed by atoms with Gasteiger partial charge in [0.2, 0.25) is 5.89 Å². The first-order valence-electron chi connectivity index (χ1n) is 7.75. The van der Waals surface area contributed by atoms with Gasteiger partial charge in [0, 0.05) is 11.3 Å². The number of hydrogen-bond acceptors (Lipinski definition) is 3. The summed E-state index contributed by atoms with van der Waals surface area (Å²) in [6.45, 7) is 4.43. The summed E-state index contributed by atoms with van der Waals surface area (Å²) in [4.78, 5) is 8.75. The lowest BCUT2D eigenvalue weighted by molar-refractivity contribution is 0.572. The van der Waals surface area contributed by atoms with Gasteiger partial charge in [0.15, 0.2) is 5.96 Å². The molecule has 5 heteroatoms. The third-order valence-corrected chi connectivity index (χ3v) is 3.55. The zero-order chi connectivity index (χ0) is 16.9. The Morgan fingerprint density at radius 2 is 1.92 bits per heavy atom. The van der Waals surface area contributed by atoms with E-state index in [1.54, 1.807) is 6.26 Å². The molecule has 3 N–H and O–H groups in total. The number of aromatic nitrogens is 1. The zero-order valence-electron chi connectivity index (χ0n) is 13.8. The van der Waals surface area contributed by atoms with Crippen LogP contribution in [0.25, 0.3) is 11.5 Å². The van der Waals surface area contributed by atoms with Crippen LogP contribution in [0.1, 0.15) is 16.8 Å². The lowest BCUT2D eigenvalue weighted by Crippen LogP contribution is -2.22. The summed E-state index contributed by atoms with van der Waals surface area (Å²) in [5.74, 6) is 0.936. The van der Waals surface area contributed by atoms with E-state index in [9.17, 15) is 0 Å². The standard InChI is InChI=1S/C19H20N4O/c1-13-6-8-15(9-7-13)18-22-17(12-24-18)11-21-19(20)23-16-5-3-4-14(2)10-16/h3-10,12H,11H2,1-2H3,(H3,20,21,23). The highest BCUT2D eigenvalue weighted by Crippen LogP contribution is 2.19. The molecule has 0 bridgehead atoms. The Morgan fingerprint density at radius 1 is 1.12 bits per heavy atom. The largest absolute Gasteiger partial charge is 0.444 e. The van der Waals surface area contributed by atoms with Crippen molar-refractivity contribution in [2.24, 2.45) is 10.7 Å². The maximum Gasteiger partial charge on any atom is 0.226 e. The molecule has 0 aliphatic rings. The number of oxazole rings is 1. The van der Waals surface area contributed by atoms with Gasteiger partial charge in [-0.3, -0.25) is 0 Å². The summed E-state index contributed by atoms with van der Waals surface area (Å²) < 4.78 is 5.52. The summed E-state index contributed by atoms with van der Waals surface area (Å²) in [5, 5.41) is 3.07. The minimum absolute atomic E-state index is 0.348. The van der Waals surface area contributed by atoms with E-state index >= 15 is 0 Å². The van der Waals surface area contributed by atoms with Gasteiger partial charge >= 0.3 is 0 Å². The van der Waals surface area contributed by atoms with Gasteiger partial charge in [-0.2, -0.15) is 0 Å². The molecule has 0 saturated heterocycles. The fourth-order valence-electron chi connectivity index (χ4n) is 2.28. The second-order valence-electron chi connectivity index (χ2n) is 5.71. The third kappa shape index (κ3) is 4.01. The molecule has 0 aliphatic carbocycles. The molecular weight excluding hydrogens is 300 g/mol. The van der Waals surface area contributed by atoms with Crippen LogP contribution in [-0.2, 0) is 6.54 Å². The van der Waals surface area contributed by atoms with Crippen molar-refractivity contribution in [1.29, 1.82) is 0 Å². The SMILES string of the molecule is Cc1ccc(-c2nc(CN=C(N)Nc3cccc(C)c3)co2)cc1. The second-order valence-corrected chi connectivity index (χ2v) is 5.71. The number of rotatable bonds is 4. The van der Waals surface area contributed by atoms with Crippen molar-refractivity contribution >= 4 is 11.6 Å². The number of guanidine groups is 1. The van der Waals surface area contributed by atoms with Crippen molar-refractivity contribution in [1.82, 2.24) is 4.98 Å². The van der Waals surface area contributed by atoms with Crippen LogP contribution in [0.15, 0.2) is 64.2 Å². The lowest BCUT2D eigenvalue weighted by atomic mass is 10.1. The van der Waals surface area contributed by atoms with Crippen molar-refractivity contribution in [2.45, 2.75) is 20.4 Å². The average Bonchev–Trinajstić information content (AvgIpc) is 3.03. The highest BCUT2D eigenvalue weighted by atomic mass is 16.3. The van der Waals surface area contributed by atoms with Crippen molar-refractivity contribution in [2.75, 3.05) is 5.32 Å². The molecule has 3 rings (SSSR count). The maximum atomic E-state index is 5.92. The maximum absolute atomic E-state index is 5.92. The van der Waals surface area contributed by atoms with Gasteiger partial charge < -0.3 is 15.5 Å². The van der Waals surface area contributed by atoms with E-state index in [0.29, 0.717) is 18.4 Å². The predicted octanol–water partition coefficient (Wildman–Crippen LogP) is 3.89. The molecule has 3 aromatic rings. The quantitative estimate of drug-likeness (QED) is 0.565. The lowest BCUT2D eigenvalue weighted by Gasteiger charge is -2.05. The van der Waals surface area contributed by atoms with E-state index in [1.165, 1.54) is 5.56 Å². The summed E-state index contributed by atoms with van der Waals surface area (Å²) in [6, 6.07) is 16.0. The van der Waals surface area contributed by atoms with E-state index in [2.05, 4.69) is 15.3 Å². The molecule has 1 heterocycles. The smallest absolute Gasteiger partial charge is 0.226 e. The molecule has 0 aliphatic heterocycles. The number of nitrogens with zero attached hydrogens (tertiary/aromatic N) is 2. The van der Waals surface area contributed by atoms with Gasteiger partial charge in [0.1, 0.15) is 12.0 Å². The molecule has 0 amide bonds. The van der Waals surface area contributed by atoms with Gasteiger partial charge in [-0.15, -0.1) is 0 Å². The number of aliphatic imine (C=N–C) groups is 1. The minimum Gasteiger partial charge on any atom is -0.444 e. The molecule has 0 saturated carbocycles. The third-order valence-electron chi connectivity index (χ3n) is 3.55. The van der Waals surface area contributed by atoms with Gasteiger partial charge in [0.25, 0.3) is 0 Å². The second kappa shape index (κ2) is 7.00. The Bertz CT molecular complexity index is 850. The molecule has 0 radical (unpaired) electrons. The fraction of sp³-hybridized carbons (Fsp3) is 0.158. The highest BCUT2D eigenvalue weighted by molar-refractivity contribution is 5.92. The normalized spacial score (nSPS) is 11.5. The summed E-state index contributed by atoms with van der Waals surface area (Å²) in [7, 11) is 0. The molecule has 2 aromatic carbocycles. The number of benzene rings is 2. The van der Waals surface area contributed by atoms with Gasteiger partial charge in [-0.1, -0.05) is 29.8 Å². The Hall–Kier alpha value is -3.08. The zero-order valence-corrected chi connectivity index (χ0v) is 13.8. The van der Waals surface area contributed by atoms with Gasteiger partial charge in [0.05, 0.1) is 6.54 Å². The summed E-state index contributed by atoms with van der Waals surface area (Å²) in [5.41, 5.74) is 10.9. The first-order chi connectivity index (χ1) is 11.6. The van der Waals surface area contributed by atoms with Crippen molar-refractivity contribution < 1.29 is 4.42 Å². The van der Waals surface area contributed by atoms with E-state index < -0.39 is 0 Å². The van der Waals surface area contributed by atoms with Crippen LogP contribution in [0.4, 0.5) is 5.69 Å². The molecule has 0 spiro atoms. The van der Waals surface area contributed by atoms with E-state index in [-0.39, 0.29) is 0 Å². The number of aryl methyl sites for hydroxylation is 2. The number of nitrogens with one attached hydrogen (secondary N) is 1. The van der Waals surface area contributed by atoms with Crippen LogP contribution in [-0.4, -0.2) is 10.9 Å². The number of nitrogens with two attached hydrogens (primary N) is 1. The first-order valence-corrected chi connectivity index (χ1v) is 7.75. The molecule has 0 fully saturated rings. The Kier molecular flexibility index (Phi) is 4.61. The number of anilines is 1. The van der Waals surface area contributed by atoms with Crippen molar-refractivity contribution in [3.8, 4) is 11.5 Å². The van der Waals surface area contributed by atoms with E-state index in [4.69, 9.17) is 10.2 Å². The predicted molar refractivity (Wildman–Crippen MR) is 96.8 cm³/mol. The first kappa shape index (κ1) is 15.8. The number of hydrogen-bond donors (Lipinski definition) is 2. The monoisotopic (exact) mass is 320 g/mol. The molecule has 0 atom stereocenters. The topological polar surface area (TPSA) is 76.4 Å². The molecule has 5 nitrogen and oxygen atoms in total. The van der Waals surface area contributed by atoms with Crippen molar-refractivity contribution in [3.05, 3.63) is 71.6 Å². The van der Waals surface area contributed by atoms with Crippen LogP contribution in [0.3, 0.4) is 0 Å². The Labute approximate surface area is 141 Å². The fourth-order valence-corrected chi connectivity index (χ4v) is 2.28. The average molecular weight is 320 g/mol. The molecule has 0 unspecified atom stereocenters. The summed E-state index contributed by atoms with van der Waals surface area (Å²) in [6.07, 6.45) is 1.61.